The molecule has 1 N–H and O–H groups in total. The van der Waals surface area contributed by atoms with Crippen LogP contribution >= 0.6 is 0 Å². The Morgan fingerprint density at radius 1 is 1.32 bits per heavy atom. The predicted molar refractivity (Wildman–Crippen MR) is 81.8 cm³/mol. The van der Waals surface area contributed by atoms with E-state index in [1.807, 2.05) is 6.07 Å². The highest BCUT2D eigenvalue weighted by Crippen LogP contribution is 2.26. The molecular weight excluding hydrogens is 280 g/mol. The molecule has 1 aliphatic carbocycles. The Bertz CT molecular complexity index is 550. The van der Waals surface area contributed by atoms with Crippen LogP contribution in [0.15, 0.2) is 35.0 Å². The lowest BCUT2D eigenvalue weighted by Gasteiger charge is -2.28. The molecule has 0 bridgehead atoms. The zero-order valence-corrected chi connectivity index (χ0v) is 12.7. The highest BCUT2D eigenvalue weighted by atomic mass is 16.3. The zero-order chi connectivity index (χ0) is 15.4. The van der Waals surface area contributed by atoms with Crippen LogP contribution in [0.1, 0.15) is 37.9 Å². The van der Waals surface area contributed by atoms with Gasteiger partial charge in [0.05, 0.1) is 12.8 Å². The second-order valence-electron chi connectivity index (χ2n) is 5.97. The van der Waals surface area contributed by atoms with Gasteiger partial charge in [-0.1, -0.05) is 12.2 Å². The van der Waals surface area contributed by atoms with Crippen molar-refractivity contribution in [2.24, 2.45) is 5.92 Å². The van der Waals surface area contributed by atoms with Crippen molar-refractivity contribution in [3.05, 3.63) is 36.3 Å². The number of carbonyl (C=O) groups is 2. The Morgan fingerprint density at radius 3 is 2.95 bits per heavy atom. The van der Waals surface area contributed by atoms with E-state index in [-0.39, 0.29) is 23.8 Å². The highest BCUT2D eigenvalue weighted by Gasteiger charge is 2.36. The van der Waals surface area contributed by atoms with Crippen molar-refractivity contribution in [3.63, 3.8) is 0 Å². The first kappa shape index (κ1) is 14.9. The summed E-state index contributed by atoms with van der Waals surface area (Å²) in [6, 6.07) is 3.30. The van der Waals surface area contributed by atoms with Crippen LogP contribution in [0.2, 0.25) is 0 Å². The molecule has 1 aromatic heterocycles. The minimum Gasteiger partial charge on any atom is -0.467 e. The van der Waals surface area contributed by atoms with Gasteiger partial charge in [0.15, 0.2) is 0 Å². The summed E-state index contributed by atoms with van der Waals surface area (Å²) >= 11 is 0. The van der Waals surface area contributed by atoms with E-state index in [4.69, 9.17) is 4.42 Å². The van der Waals surface area contributed by atoms with Gasteiger partial charge in [-0.2, -0.15) is 0 Å². The van der Waals surface area contributed by atoms with Crippen LogP contribution in [-0.4, -0.2) is 29.3 Å². The van der Waals surface area contributed by atoms with Crippen LogP contribution in [0.4, 0.5) is 0 Å². The summed E-state index contributed by atoms with van der Waals surface area (Å²) < 4.78 is 5.21. The molecule has 118 valence electrons. The molecule has 5 heteroatoms. The average molecular weight is 302 g/mol. The fraction of sp³-hybridized carbons (Fsp3) is 0.529. The van der Waals surface area contributed by atoms with Crippen molar-refractivity contribution >= 4 is 11.8 Å². The molecule has 1 aliphatic heterocycles. The molecule has 0 aromatic carbocycles. The predicted octanol–water partition coefficient (Wildman–Crippen LogP) is 2.24. The highest BCUT2D eigenvalue weighted by molar-refractivity contribution is 5.89. The molecule has 5 nitrogen and oxygen atoms in total. The van der Waals surface area contributed by atoms with Crippen molar-refractivity contribution in [2.45, 2.75) is 44.7 Å². The van der Waals surface area contributed by atoms with E-state index in [2.05, 4.69) is 17.5 Å². The normalized spacial score (nSPS) is 24.5. The lowest BCUT2D eigenvalue weighted by molar-refractivity contribution is -0.141. The van der Waals surface area contributed by atoms with Crippen molar-refractivity contribution in [1.82, 2.24) is 10.2 Å². The topological polar surface area (TPSA) is 62.6 Å². The van der Waals surface area contributed by atoms with Crippen LogP contribution < -0.4 is 5.32 Å². The zero-order valence-electron chi connectivity index (χ0n) is 12.7. The summed E-state index contributed by atoms with van der Waals surface area (Å²) in [6.07, 6.45) is 10.1. The number of nitrogens with one attached hydrogen (secondary N) is 1. The van der Waals surface area contributed by atoms with Crippen LogP contribution in [0.25, 0.3) is 0 Å². The van der Waals surface area contributed by atoms with Gasteiger partial charge in [0.1, 0.15) is 11.8 Å². The van der Waals surface area contributed by atoms with Crippen LogP contribution in [0, 0.1) is 5.92 Å². The number of allylic oxidation sites excluding steroid dienone is 2. The largest absolute Gasteiger partial charge is 0.467 e. The van der Waals surface area contributed by atoms with Gasteiger partial charge in [0.2, 0.25) is 11.8 Å². The molecule has 2 heterocycles. The fourth-order valence-corrected chi connectivity index (χ4v) is 3.26. The van der Waals surface area contributed by atoms with E-state index in [1.54, 1.807) is 17.2 Å². The maximum absolute atomic E-state index is 12.6. The molecule has 2 atom stereocenters. The lowest BCUT2D eigenvalue weighted by Crippen LogP contribution is -2.47. The number of amides is 2. The number of likely N-dealkylation sites (tertiary alicyclic amines) is 1. The number of rotatable bonds is 4. The van der Waals surface area contributed by atoms with Gasteiger partial charge in [0.25, 0.3) is 0 Å². The van der Waals surface area contributed by atoms with Crippen LogP contribution in [0.5, 0.6) is 0 Å². The molecule has 1 fully saturated rings. The standard InChI is InChI=1S/C17H22N2O3/c20-16(18-12-14-8-5-11-22-14)15-9-4-10-19(15)17(21)13-6-2-1-3-7-13/h1-2,5,8,11,13,15H,3-4,6-7,9-10,12H2,(H,18,20)/t13-,15-/m1/s1. The summed E-state index contributed by atoms with van der Waals surface area (Å²) in [6.45, 7) is 1.06. The van der Waals surface area contributed by atoms with Crippen molar-refractivity contribution in [3.8, 4) is 0 Å². The number of nitrogens with zero attached hydrogens (tertiary/aromatic N) is 1. The Morgan fingerprint density at radius 2 is 2.23 bits per heavy atom. The third-order valence-corrected chi connectivity index (χ3v) is 4.47. The summed E-state index contributed by atoms with van der Waals surface area (Å²) in [5.74, 6) is 0.832. The molecule has 0 spiro atoms. The smallest absolute Gasteiger partial charge is 0.243 e. The molecule has 3 rings (SSSR count). The third kappa shape index (κ3) is 3.24. The van der Waals surface area contributed by atoms with Gasteiger partial charge >= 0.3 is 0 Å². The first-order valence-electron chi connectivity index (χ1n) is 8.01. The molecule has 2 aliphatic rings. The maximum Gasteiger partial charge on any atom is 0.243 e. The second-order valence-corrected chi connectivity index (χ2v) is 5.97. The molecule has 1 saturated heterocycles. The monoisotopic (exact) mass is 302 g/mol. The minimum atomic E-state index is -0.326. The van der Waals surface area contributed by atoms with Crippen molar-refractivity contribution in [2.75, 3.05) is 6.54 Å². The van der Waals surface area contributed by atoms with E-state index >= 15 is 0 Å². The SMILES string of the molecule is O=C(NCc1ccco1)[C@H]1CCCN1C(=O)[C@@H]1CC=CCC1. The number of hydrogen-bond acceptors (Lipinski definition) is 3. The summed E-state index contributed by atoms with van der Waals surface area (Å²) in [5, 5.41) is 2.87. The number of hydrogen-bond donors (Lipinski definition) is 1. The number of carbonyl (C=O) groups excluding carboxylic acids is 2. The lowest BCUT2D eigenvalue weighted by atomic mass is 9.93. The van der Waals surface area contributed by atoms with Crippen LogP contribution in [-0.2, 0) is 16.1 Å². The van der Waals surface area contributed by atoms with Gasteiger partial charge in [-0.15, -0.1) is 0 Å². The van der Waals surface area contributed by atoms with E-state index in [1.165, 1.54) is 0 Å². The van der Waals surface area contributed by atoms with Gasteiger partial charge in [-0.25, -0.2) is 0 Å². The molecule has 22 heavy (non-hydrogen) atoms. The van der Waals surface area contributed by atoms with Gasteiger partial charge in [-0.3, -0.25) is 9.59 Å². The molecule has 0 saturated carbocycles. The Balaban J connectivity index is 1.58. The molecular formula is C17H22N2O3. The summed E-state index contributed by atoms with van der Waals surface area (Å²) in [7, 11) is 0. The van der Waals surface area contributed by atoms with Crippen molar-refractivity contribution in [1.29, 1.82) is 0 Å². The van der Waals surface area contributed by atoms with E-state index in [0.29, 0.717) is 13.1 Å². The van der Waals surface area contributed by atoms with Crippen LogP contribution in [0.3, 0.4) is 0 Å². The van der Waals surface area contributed by atoms with Gasteiger partial charge in [0, 0.05) is 12.5 Å². The Kier molecular flexibility index (Phi) is 4.61. The summed E-state index contributed by atoms with van der Waals surface area (Å²) in [4.78, 5) is 26.8. The second kappa shape index (κ2) is 6.81. The molecule has 0 radical (unpaired) electrons. The van der Waals surface area contributed by atoms with Gasteiger partial charge < -0.3 is 14.6 Å². The fourth-order valence-electron chi connectivity index (χ4n) is 3.26. The molecule has 1 aromatic rings. The van der Waals surface area contributed by atoms with Crippen molar-refractivity contribution < 1.29 is 14.0 Å². The third-order valence-electron chi connectivity index (χ3n) is 4.47. The summed E-state index contributed by atoms with van der Waals surface area (Å²) in [5.41, 5.74) is 0. The minimum absolute atomic E-state index is 0.0449. The van der Waals surface area contributed by atoms with Gasteiger partial charge in [-0.05, 0) is 44.2 Å². The molecule has 2 amide bonds. The first-order valence-corrected chi connectivity index (χ1v) is 8.01. The van der Waals surface area contributed by atoms with E-state index in [9.17, 15) is 9.59 Å². The van der Waals surface area contributed by atoms with E-state index < -0.39 is 0 Å². The molecule has 0 unspecified atom stereocenters. The first-order chi connectivity index (χ1) is 10.8. The maximum atomic E-state index is 12.6. The Labute approximate surface area is 130 Å². The van der Waals surface area contributed by atoms with E-state index in [0.717, 1.165) is 37.9 Å². The average Bonchev–Trinajstić information content (AvgIpc) is 3.24. The number of furan rings is 1. The quantitative estimate of drug-likeness (QED) is 0.868. The Hall–Kier alpha value is -2.04.